The van der Waals surface area contributed by atoms with Gasteiger partial charge in [0.1, 0.15) is 44.8 Å². The number of thiophene rings is 4. The average Bonchev–Trinajstić information content (AvgIpc) is 1.57. The van der Waals surface area contributed by atoms with Gasteiger partial charge in [0.15, 0.2) is 0 Å². The zero-order valence-corrected chi connectivity index (χ0v) is 64.6. The van der Waals surface area contributed by atoms with Gasteiger partial charge in [-0.2, -0.15) is 17.5 Å². The van der Waals surface area contributed by atoms with Crippen LogP contribution in [0.25, 0.3) is 72.9 Å². The zero-order valence-electron chi connectivity index (χ0n) is 59.7. The van der Waals surface area contributed by atoms with Gasteiger partial charge in [0.25, 0.3) is 0 Å². The van der Waals surface area contributed by atoms with E-state index < -0.39 is 5.60 Å². The van der Waals surface area contributed by atoms with E-state index in [1.807, 2.05) is 45.3 Å². The molecule has 10 rings (SSSR count). The third-order valence-electron chi connectivity index (χ3n) is 21.4. The van der Waals surface area contributed by atoms with Gasteiger partial charge in [0.2, 0.25) is 0 Å². The summed E-state index contributed by atoms with van der Waals surface area (Å²) in [5, 5.41) is 2.38. The van der Waals surface area contributed by atoms with Crippen LogP contribution in [0.4, 0.5) is 0 Å². The Kier molecular flexibility index (Phi) is 28.4. The van der Waals surface area contributed by atoms with Gasteiger partial charge < -0.3 is 9.47 Å². The molecule has 8 heterocycles. The molecule has 2 aliphatic heterocycles. The molecule has 6 unspecified atom stereocenters. The Hall–Kier alpha value is -3.52. The van der Waals surface area contributed by atoms with Crippen molar-refractivity contribution in [2.24, 2.45) is 35.5 Å². The lowest BCUT2D eigenvalue weighted by Crippen LogP contribution is -2.38. The van der Waals surface area contributed by atoms with Gasteiger partial charge in [-0.3, -0.25) is 0 Å². The largest absolute Gasteiger partial charge is 0.481 e. The Morgan fingerprint density at radius 1 is 0.383 bits per heavy atom. The number of ether oxygens (including phenoxy) is 2. The number of hydrogen-bond donors (Lipinski definition) is 0. The molecule has 0 radical (unpaired) electrons. The number of nitrogens with zero attached hydrogens (tertiary/aromatic N) is 4. The van der Waals surface area contributed by atoms with E-state index in [1.54, 1.807) is 0 Å². The highest BCUT2D eigenvalue weighted by Gasteiger charge is 2.47. The van der Waals surface area contributed by atoms with Crippen LogP contribution in [0.15, 0.2) is 60.0 Å². The first-order valence-electron chi connectivity index (χ1n) is 38.2. The van der Waals surface area contributed by atoms with E-state index >= 15 is 0 Å². The van der Waals surface area contributed by atoms with Crippen molar-refractivity contribution in [2.45, 2.75) is 312 Å². The minimum absolute atomic E-state index is 0.340. The fraction of sp³-hybridized carbons (Fsp3) is 0.659. The molecule has 6 atom stereocenters. The van der Waals surface area contributed by atoms with Gasteiger partial charge in [-0.1, -0.05) is 286 Å². The SMILES string of the molecule is CCCCCCCCC(CCCCCC)CC1(CCC(C)CCCC(C)C)Oc2cc(-c3ccc(-c4cc5c(s4)-c4sc(-c6cccc7nsnc67)cc4OC5(CCC(C)CCCC(C)C)CC(CCCCCC)CCCCCCCC)c4nsnc34)sc2-c2sccc21. The van der Waals surface area contributed by atoms with Crippen LogP contribution in [0.5, 0.6) is 11.5 Å². The van der Waals surface area contributed by atoms with Crippen LogP contribution < -0.4 is 9.47 Å². The van der Waals surface area contributed by atoms with Crippen molar-refractivity contribution in [1.29, 1.82) is 0 Å². The monoisotopic (exact) mass is 1380 g/mol. The molecule has 0 saturated carbocycles. The van der Waals surface area contributed by atoms with E-state index in [0.717, 1.165) is 88.6 Å². The number of aromatic nitrogens is 4. The summed E-state index contributed by atoms with van der Waals surface area (Å²) in [6, 6.07) is 21.1. The standard InChI is InChI=1S/C82H118N4O2S6/c1-11-15-19-23-25-29-40-61(38-27-21-17-13-3)55-81(49-46-59(9)36-31-34-57(5)6)66-48-51-89-77(66)79-69(87-81)53-73(91-79)65-45-44-64(75-76(65)86-94-85-75)71-52-67-78(90-71)80-70(54-72(92-80)63-42-33-43-68-74(63)84-93-83-68)88-82(67,50-47-60(10)37-32-35-58(7)8)56-62(39-28-22-18-14-4)41-30-26-24-20-16-12-2/h33,42-45,48,51-54,57-62H,11-32,34-41,46-47,49-50,55-56H2,1-10H3. The molecular weight excluding hydrogens is 1270 g/mol. The van der Waals surface area contributed by atoms with Gasteiger partial charge in [-0.25, -0.2) is 0 Å². The molecule has 94 heavy (non-hydrogen) atoms. The van der Waals surface area contributed by atoms with E-state index in [1.165, 1.54) is 273 Å². The maximum absolute atomic E-state index is 8.00. The molecular formula is C82H118N4O2S6. The summed E-state index contributed by atoms with van der Waals surface area (Å²) in [5.74, 6) is 6.12. The Bertz CT molecular complexity index is 3520. The minimum atomic E-state index is -0.464. The minimum Gasteiger partial charge on any atom is -0.481 e. The van der Waals surface area contributed by atoms with Crippen molar-refractivity contribution in [2.75, 3.05) is 0 Å². The Morgan fingerprint density at radius 3 is 1.32 bits per heavy atom. The summed E-state index contributed by atoms with van der Waals surface area (Å²) in [7, 11) is 0. The average molecular weight is 1380 g/mol. The van der Waals surface area contributed by atoms with E-state index in [9.17, 15) is 0 Å². The molecule has 8 aromatic rings. The van der Waals surface area contributed by atoms with E-state index in [4.69, 9.17) is 27.0 Å². The van der Waals surface area contributed by atoms with Crippen LogP contribution in [0, 0.1) is 35.5 Å². The van der Waals surface area contributed by atoms with Gasteiger partial charge in [-0.15, -0.1) is 45.3 Å². The number of fused-ring (bicyclic) bond motifs is 8. The van der Waals surface area contributed by atoms with E-state index in [-0.39, 0.29) is 5.60 Å². The van der Waals surface area contributed by atoms with Crippen molar-refractivity contribution in [3.05, 3.63) is 71.1 Å². The highest BCUT2D eigenvalue weighted by molar-refractivity contribution is 7.26. The molecule has 0 saturated heterocycles. The maximum Gasteiger partial charge on any atom is 0.140 e. The second-order valence-corrected chi connectivity index (χ2v) is 35.4. The third-order valence-corrected chi connectivity index (χ3v) is 27.2. The molecule has 2 aromatic carbocycles. The Balaban J connectivity index is 1.03. The second kappa shape index (κ2) is 36.5. The molecule has 0 aliphatic carbocycles. The smallest absolute Gasteiger partial charge is 0.140 e. The second-order valence-electron chi connectivity index (χ2n) is 30.3. The molecule has 0 spiro atoms. The predicted molar refractivity (Wildman–Crippen MR) is 416 cm³/mol. The number of hydrogen-bond acceptors (Lipinski definition) is 12. The maximum atomic E-state index is 8.00. The van der Waals surface area contributed by atoms with E-state index in [2.05, 4.69) is 129 Å². The first kappa shape index (κ1) is 73.2. The molecule has 514 valence electrons. The molecule has 12 heteroatoms. The Labute approximate surface area is 593 Å². The number of unbranched alkanes of at least 4 members (excludes halogenated alkanes) is 16. The Morgan fingerprint density at radius 2 is 0.809 bits per heavy atom. The summed E-state index contributed by atoms with van der Waals surface area (Å²) in [5.41, 5.74) is 9.48. The summed E-state index contributed by atoms with van der Waals surface area (Å²) in [4.78, 5) is 9.06. The van der Waals surface area contributed by atoms with Gasteiger partial charge in [0, 0.05) is 42.4 Å². The molecule has 0 fully saturated rings. The zero-order chi connectivity index (χ0) is 65.9. The van der Waals surface area contributed by atoms with Crippen LogP contribution >= 0.6 is 68.8 Å². The quantitative estimate of drug-likeness (QED) is 0.0354. The topological polar surface area (TPSA) is 70.0 Å². The lowest BCUT2D eigenvalue weighted by molar-refractivity contribution is 0.0185. The summed E-state index contributed by atoms with van der Waals surface area (Å²) < 4.78 is 36.0. The molecule has 2 aliphatic rings. The number of benzene rings is 2. The molecule has 0 bridgehead atoms. The van der Waals surface area contributed by atoms with Crippen molar-refractivity contribution in [3.8, 4) is 62.3 Å². The summed E-state index contributed by atoms with van der Waals surface area (Å²) in [6.45, 7) is 23.9. The normalized spacial score (nSPS) is 17.4. The molecule has 6 aromatic heterocycles. The van der Waals surface area contributed by atoms with Crippen LogP contribution in [0.3, 0.4) is 0 Å². The highest BCUT2D eigenvalue weighted by atomic mass is 32.1. The van der Waals surface area contributed by atoms with Crippen molar-refractivity contribution < 1.29 is 9.47 Å². The van der Waals surface area contributed by atoms with Crippen LogP contribution in [-0.4, -0.2) is 17.5 Å². The first-order valence-corrected chi connectivity index (χ1v) is 43.0. The fourth-order valence-corrected chi connectivity index (χ4v) is 21.7. The predicted octanol–water partition coefficient (Wildman–Crippen LogP) is 29.4. The van der Waals surface area contributed by atoms with E-state index in [0.29, 0.717) is 23.7 Å². The molecule has 0 amide bonds. The lowest BCUT2D eigenvalue weighted by atomic mass is 9.75. The highest BCUT2D eigenvalue weighted by Crippen LogP contribution is 2.61. The number of rotatable bonds is 45. The first-order chi connectivity index (χ1) is 45.9. The van der Waals surface area contributed by atoms with Gasteiger partial charge in [0.05, 0.1) is 43.0 Å². The third kappa shape index (κ3) is 18.9. The van der Waals surface area contributed by atoms with Crippen molar-refractivity contribution >= 4 is 90.9 Å². The molecule has 6 nitrogen and oxygen atoms in total. The molecule has 0 N–H and O–H groups in total. The van der Waals surface area contributed by atoms with Gasteiger partial charge in [-0.05, 0) is 110 Å². The van der Waals surface area contributed by atoms with Gasteiger partial charge >= 0.3 is 0 Å². The fourth-order valence-electron chi connectivity index (χ4n) is 15.8. The van der Waals surface area contributed by atoms with Crippen LogP contribution in [0.1, 0.15) is 312 Å². The van der Waals surface area contributed by atoms with Crippen molar-refractivity contribution in [1.82, 2.24) is 17.5 Å². The van der Waals surface area contributed by atoms with Crippen molar-refractivity contribution in [3.63, 3.8) is 0 Å². The lowest BCUT2D eigenvalue weighted by Gasteiger charge is -2.41. The summed E-state index contributed by atoms with van der Waals surface area (Å²) >= 11 is 10.4. The summed E-state index contributed by atoms with van der Waals surface area (Å²) in [6.07, 6.45) is 46.0. The van der Waals surface area contributed by atoms with Crippen LogP contribution in [0.2, 0.25) is 0 Å². The van der Waals surface area contributed by atoms with Crippen LogP contribution in [-0.2, 0) is 11.2 Å².